The number of aliphatic hydroxyl groups is 1. The van der Waals surface area contributed by atoms with E-state index in [4.69, 9.17) is 0 Å². The van der Waals surface area contributed by atoms with Crippen LogP contribution in [0, 0.1) is 19.8 Å². The molecule has 1 unspecified atom stereocenters. The van der Waals surface area contributed by atoms with Crippen LogP contribution in [0.5, 0.6) is 0 Å². The molecule has 1 heterocycles. The lowest BCUT2D eigenvalue weighted by Crippen LogP contribution is -2.21. The SMILES string of the molecule is CCC(CC)C(O)Cc1nc(C)c(C)s1. The fourth-order valence-electron chi connectivity index (χ4n) is 1.80. The summed E-state index contributed by atoms with van der Waals surface area (Å²) in [6.07, 6.45) is 2.57. The second kappa shape index (κ2) is 5.61. The molecular formula is C12H21NOS. The first-order valence-corrected chi connectivity index (χ1v) is 6.51. The van der Waals surface area contributed by atoms with Crippen LogP contribution in [-0.4, -0.2) is 16.2 Å². The Morgan fingerprint density at radius 3 is 2.27 bits per heavy atom. The third kappa shape index (κ3) is 3.28. The van der Waals surface area contributed by atoms with Crippen molar-refractivity contribution in [2.45, 2.75) is 53.1 Å². The Labute approximate surface area is 96.4 Å². The van der Waals surface area contributed by atoms with Crippen molar-refractivity contribution in [1.29, 1.82) is 0 Å². The van der Waals surface area contributed by atoms with Crippen molar-refractivity contribution in [3.63, 3.8) is 0 Å². The fourth-order valence-corrected chi connectivity index (χ4v) is 2.79. The van der Waals surface area contributed by atoms with E-state index in [9.17, 15) is 5.11 Å². The zero-order valence-corrected chi connectivity index (χ0v) is 10.9. The van der Waals surface area contributed by atoms with Gasteiger partial charge in [-0.2, -0.15) is 0 Å². The largest absolute Gasteiger partial charge is 0.392 e. The molecule has 0 radical (unpaired) electrons. The molecule has 1 aromatic heterocycles. The van der Waals surface area contributed by atoms with Crippen LogP contribution in [0.25, 0.3) is 0 Å². The third-order valence-corrected chi connectivity index (χ3v) is 4.14. The van der Waals surface area contributed by atoms with E-state index in [-0.39, 0.29) is 6.10 Å². The molecule has 1 N–H and O–H groups in total. The Morgan fingerprint density at radius 2 is 1.87 bits per heavy atom. The minimum atomic E-state index is -0.232. The second-order valence-corrected chi connectivity index (χ2v) is 5.38. The summed E-state index contributed by atoms with van der Waals surface area (Å²) in [5.41, 5.74) is 1.10. The van der Waals surface area contributed by atoms with Gasteiger partial charge in [0.15, 0.2) is 0 Å². The van der Waals surface area contributed by atoms with E-state index < -0.39 is 0 Å². The summed E-state index contributed by atoms with van der Waals surface area (Å²) >= 11 is 1.71. The van der Waals surface area contributed by atoms with Gasteiger partial charge in [0.2, 0.25) is 0 Å². The molecule has 0 aliphatic rings. The summed E-state index contributed by atoms with van der Waals surface area (Å²) in [6, 6.07) is 0. The predicted molar refractivity (Wildman–Crippen MR) is 65.4 cm³/mol. The van der Waals surface area contributed by atoms with Crippen LogP contribution in [0.15, 0.2) is 0 Å². The Balaban J connectivity index is 2.61. The molecule has 0 aromatic carbocycles. The molecule has 0 fully saturated rings. The van der Waals surface area contributed by atoms with E-state index in [0.717, 1.165) is 23.5 Å². The van der Waals surface area contributed by atoms with E-state index in [1.54, 1.807) is 11.3 Å². The number of rotatable bonds is 5. The maximum atomic E-state index is 10.0. The Morgan fingerprint density at radius 1 is 1.27 bits per heavy atom. The van der Waals surface area contributed by atoms with Gasteiger partial charge < -0.3 is 5.11 Å². The number of aromatic nitrogens is 1. The molecule has 3 heteroatoms. The maximum Gasteiger partial charge on any atom is 0.0956 e. The lowest BCUT2D eigenvalue weighted by molar-refractivity contribution is 0.103. The van der Waals surface area contributed by atoms with Crippen molar-refractivity contribution in [2.24, 2.45) is 5.92 Å². The minimum absolute atomic E-state index is 0.232. The molecule has 86 valence electrons. The van der Waals surface area contributed by atoms with Crippen LogP contribution in [0.2, 0.25) is 0 Å². The molecule has 0 saturated heterocycles. The summed E-state index contributed by atoms with van der Waals surface area (Å²) in [6.45, 7) is 8.38. The lowest BCUT2D eigenvalue weighted by Gasteiger charge is -2.18. The number of hydrogen-bond donors (Lipinski definition) is 1. The highest BCUT2D eigenvalue weighted by Crippen LogP contribution is 2.22. The maximum absolute atomic E-state index is 10.0. The van der Waals surface area contributed by atoms with Crippen molar-refractivity contribution in [3.05, 3.63) is 15.6 Å². The van der Waals surface area contributed by atoms with Gasteiger partial charge in [-0.25, -0.2) is 4.98 Å². The molecule has 0 saturated carbocycles. The van der Waals surface area contributed by atoms with Gasteiger partial charge in [-0.3, -0.25) is 0 Å². The fraction of sp³-hybridized carbons (Fsp3) is 0.750. The van der Waals surface area contributed by atoms with Crippen LogP contribution >= 0.6 is 11.3 Å². The Kier molecular flexibility index (Phi) is 4.74. The van der Waals surface area contributed by atoms with Crippen LogP contribution < -0.4 is 0 Å². The number of nitrogens with zero attached hydrogens (tertiary/aromatic N) is 1. The van der Waals surface area contributed by atoms with Gasteiger partial charge >= 0.3 is 0 Å². The van der Waals surface area contributed by atoms with E-state index in [1.807, 2.05) is 6.92 Å². The van der Waals surface area contributed by atoms with Crippen molar-refractivity contribution < 1.29 is 5.11 Å². The normalized spacial score (nSPS) is 13.5. The summed E-state index contributed by atoms with van der Waals surface area (Å²) in [5.74, 6) is 0.412. The van der Waals surface area contributed by atoms with Gasteiger partial charge in [0.05, 0.1) is 16.8 Å². The van der Waals surface area contributed by atoms with Crippen LogP contribution in [0.1, 0.15) is 42.3 Å². The molecule has 0 amide bonds. The lowest BCUT2D eigenvalue weighted by atomic mass is 9.95. The number of thiazole rings is 1. The molecule has 0 aliphatic heterocycles. The molecule has 0 spiro atoms. The van der Waals surface area contributed by atoms with Crippen molar-refractivity contribution in [1.82, 2.24) is 4.98 Å². The van der Waals surface area contributed by atoms with Gasteiger partial charge in [0, 0.05) is 11.3 Å². The van der Waals surface area contributed by atoms with E-state index in [0.29, 0.717) is 12.3 Å². The van der Waals surface area contributed by atoms with Gasteiger partial charge in [0.1, 0.15) is 0 Å². The number of aliphatic hydroxyl groups excluding tert-OH is 1. The summed E-state index contributed by atoms with van der Waals surface area (Å²) in [4.78, 5) is 5.73. The number of hydrogen-bond acceptors (Lipinski definition) is 3. The zero-order valence-electron chi connectivity index (χ0n) is 10.1. The summed E-state index contributed by atoms with van der Waals surface area (Å²) in [5, 5.41) is 11.1. The van der Waals surface area contributed by atoms with Gasteiger partial charge in [-0.1, -0.05) is 26.7 Å². The van der Waals surface area contributed by atoms with Gasteiger partial charge in [-0.05, 0) is 19.8 Å². The molecule has 0 bridgehead atoms. The number of aryl methyl sites for hydroxylation is 2. The van der Waals surface area contributed by atoms with Crippen molar-refractivity contribution >= 4 is 11.3 Å². The van der Waals surface area contributed by atoms with Crippen LogP contribution in [0.4, 0.5) is 0 Å². The van der Waals surface area contributed by atoms with Crippen molar-refractivity contribution in [3.8, 4) is 0 Å². The standard InChI is InChI=1S/C12H21NOS/c1-5-10(6-2)11(14)7-12-13-8(3)9(4)15-12/h10-11,14H,5-7H2,1-4H3. The third-order valence-electron chi connectivity index (χ3n) is 3.05. The highest BCUT2D eigenvalue weighted by atomic mass is 32.1. The van der Waals surface area contributed by atoms with Crippen LogP contribution in [0.3, 0.4) is 0 Å². The first-order chi connectivity index (χ1) is 7.08. The monoisotopic (exact) mass is 227 g/mol. The molecule has 1 aromatic rings. The zero-order chi connectivity index (χ0) is 11.4. The summed E-state index contributed by atoms with van der Waals surface area (Å²) in [7, 11) is 0. The van der Waals surface area contributed by atoms with E-state index in [2.05, 4.69) is 25.8 Å². The average Bonchev–Trinajstić information content (AvgIpc) is 2.47. The Hall–Kier alpha value is -0.410. The smallest absolute Gasteiger partial charge is 0.0956 e. The van der Waals surface area contributed by atoms with E-state index in [1.165, 1.54) is 4.88 Å². The van der Waals surface area contributed by atoms with Crippen LogP contribution in [-0.2, 0) is 6.42 Å². The molecule has 0 aliphatic carbocycles. The first-order valence-electron chi connectivity index (χ1n) is 5.69. The quantitative estimate of drug-likeness (QED) is 0.838. The van der Waals surface area contributed by atoms with Crippen molar-refractivity contribution in [2.75, 3.05) is 0 Å². The highest BCUT2D eigenvalue weighted by molar-refractivity contribution is 7.11. The predicted octanol–water partition coefficient (Wildman–Crippen LogP) is 3.10. The molecule has 2 nitrogen and oxygen atoms in total. The second-order valence-electron chi connectivity index (χ2n) is 4.10. The first kappa shape index (κ1) is 12.7. The molecular weight excluding hydrogens is 206 g/mol. The van der Waals surface area contributed by atoms with Gasteiger partial charge in [0.25, 0.3) is 0 Å². The molecule has 15 heavy (non-hydrogen) atoms. The highest BCUT2D eigenvalue weighted by Gasteiger charge is 2.17. The molecule has 1 rings (SSSR count). The minimum Gasteiger partial charge on any atom is -0.392 e. The average molecular weight is 227 g/mol. The van der Waals surface area contributed by atoms with Gasteiger partial charge in [-0.15, -0.1) is 11.3 Å². The molecule has 1 atom stereocenters. The summed E-state index contributed by atoms with van der Waals surface area (Å²) < 4.78 is 0. The topological polar surface area (TPSA) is 33.1 Å². The Bertz CT molecular complexity index is 285. The van der Waals surface area contributed by atoms with E-state index >= 15 is 0 Å².